The van der Waals surface area contributed by atoms with Crippen LogP contribution in [0.3, 0.4) is 0 Å². The number of anilines is 1. The third-order valence-electron chi connectivity index (χ3n) is 2.08. The highest BCUT2D eigenvalue weighted by Crippen LogP contribution is 2.12. The fraction of sp³-hybridized carbons (Fsp3) is 0.154. The lowest BCUT2D eigenvalue weighted by Gasteiger charge is -2.04. The van der Waals surface area contributed by atoms with Crippen molar-refractivity contribution < 1.29 is 19.5 Å². The van der Waals surface area contributed by atoms with Crippen molar-refractivity contribution >= 4 is 29.5 Å². The molecule has 1 aromatic rings. The topological polar surface area (TPSA) is 95.5 Å². The molecule has 0 heterocycles. The van der Waals surface area contributed by atoms with Crippen LogP contribution >= 0.6 is 0 Å². The van der Waals surface area contributed by atoms with Crippen LogP contribution < -0.4 is 10.6 Å². The first kappa shape index (κ1) is 14.4. The highest BCUT2D eigenvalue weighted by atomic mass is 16.4. The Kier molecular flexibility index (Phi) is 4.82. The van der Waals surface area contributed by atoms with E-state index in [1.807, 2.05) is 0 Å². The van der Waals surface area contributed by atoms with Crippen LogP contribution in [0.25, 0.3) is 6.08 Å². The number of nitrogens with one attached hydrogen (secondary N) is 2. The van der Waals surface area contributed by atoms with Crippen molar-refractivity contribution in [1.82, 2.24) is 5.32 Å². The molecule has 0 spiro atoms. The van der Waals surface area contributed by atoms with E-state index in [1.165, 1.54) is 19.9 Å². The number of carbonyl (C=O) groups is 3. The van der Waals surface area contributed by atoms with E-state index in [9.17, 15) is 14.4 Å². The van der Waals surface area contributed by atoms with Gasteiger partial charge in [-0.05, 0) is 23.8 Å². The van der Waals surface area contributed by atoms with Crippen molar-refractivity contribution in [2.75, 3.05) is 5.32 Å². The maximum absolute atomic E-state index is 10.9. The van der Waals surface area contributed by atoms with Crippen molar-refractivity contribution in [3.63, 3.8) is 0 Å². The molecule has 6 heteroatoms. The average Bonchev–Trinajstić information content (AvgIpc) is 2.29. The molecule has 1 aromatic carbocycles. The van der Waals surface area contributed by atoms with Crippen molar-refractivity contribution in [1.29, 1.82) is 0 Å². The monoisotopic (exact) mass is 262 g/mol. The lowest BCUT2D eigenvalue weighted by Crippen LogP contribution is -2.24. The molecular formula is C13H14N2O4. The number of carboxylic acids is 1. The Hall–Kier alpha value is -2.63. The summed E-state index contributed by atoms with van der Waals surface area (Å²) in [5.41, 5.74) is 1.00. The van der Waals surface area contributed by atoms with Crippen LogP contribution in [0.1, 0.15) is 19.4 Å². The summed E-state index contributed by atoms with van der Waals surface area (Å²) in [5.74, 6) is -1.86. The summed E-state index contributed by atoms with van der Waals surface area (Å²) < 4.78 is 0. The molecule has 19 heavy (non-hydrogen) atoms. The summed E-state index contributed by atoms with van der Waals surface area (Å²) in [6.45, 7) is 2.63. The Labute approximate surface area is 110 Å². The molecule has 0 aromatic heterocycles. The van der Waals surface area contributed by atoms with Gasteiger partial charge in [-0.3, -0.25) is 9.59 Å². The summed E-state index contributed by atoms with van der Waals surface area (Å²) in [6.07, 6.45) is 1.33. The Bertz CT molecular complexity index is 532. The molecule has 2 amide bonds. The van der Waals surface area contributed by atoms with Gasteiger partial charge in [-0.1, -0.05) is 12.1 Å². The van der Waals surface area contributed by atoms with E-state index in [0.717, 1.165) is 0 Å². The second-order valence-corrected chi connectivity index (χ2v) is 3.85. The van der Waals surface area contributed by atoms with E-state index in [1.54, 1.807) is 24.3 Å². The molecule has 3 N–H and O–H groups in total. The number of benzene rings is 1. The van der Waals surface area contributed by atoms with E-state index in [4.69, 9.17) is 5.11 Å². The normalized spacial score (nSPS) is 10.7. The standard InChI is InChI=1S/C13H14N2O4/c1-8(16)14-11-5-3-10(4-6-11)7-12(13(18)19)15-9(2)17/h3-7H,1-2H3,(H,14,16)(H,15,17)(H,18,19)/b12-7+. The first-order valence-electron chi connectivity index (χ1n) is 5.48. The predicted molar refractivity (Wildman–Crippen MR) is 70.2 cm³/mol. The minimum absolute atomic E-state index is 0.187. The van der Waals surface area contributed by atoms with Crippen LogP contribution in [0.2, 0.25) is 0 Å². The van der Waals surface area contributed by atoms with E-state index in [0.29, 0.717) is 11.3 Å². The fourth-order valence-electron chi connectivity index (χ4n) is 1.37. The van der Waals surface area contributed by atoms with Crippen molar-refractivity contribution in [2.45, 2.75) is 13.8 Å². The second-order valence-electron chi connectivity index (χ2n) is 3.85. The van der Waals surface area contributed by atoms with Gasteiger partial charge in [0, 0.05) is 19.5 Å². The summed E-state index contributed by atoms with van der Waals surface area (Å²) in [4.78, 5) is 32.6. The number of rotatable bonds is 4. The summed E-state index contributed by atoms with van der Waals surface area (Å²) in [6, 6.07) is 6.55. The van der Waals surface area contributed by atoms with E-state index < -0.39 is 11.9 Å². The molecule has 6 nitrogen and oxygen atoms in total. The molecule has 0 aliphatic carbocycles. The highest BCUT2D eigenvalue weighted by molar-refractivity contribution is 5.96. The van der Waals surface area contributed by atoms with Crippen molar-refractivity contribution in [2.24, 2.45) is 0 Å². The molecule has 0 radical (unpaired) electrons. The number of carboxylic acid groups (broad SMARTS) is 1. The first-order valence-corrected chi connectivity index (χ1v) is 5.48. The summed E-state index contributed by atoms with van der Waals surface area (Å²) >= 11 is 0. The molecule has 100 valence electrons. The van der Waals surface area contributed by atoms with Gasteiger partial charge in [0.1, 0.15) is 5.70 Å². The number of carbonyl (C=O) groups excluding carboxylic acids is 2. The van der Waals surface area contributed by atoms with Crippen LogP contribution in [0.15, 0.2) is 30.0 Å². The van der Waals surface area contributed by atoms with Gasteiger partial charge in [0.05, 0.1) is 0 Å². The maximum atomic E-state index is 10.9. The van der Waals surface area contributed by atoms with Crippen LogP contribution in [-0.2, 0) is 14.4 Å². The Balaban J connectivity index is 2.92. The Morgan fingerprint density at radius 3 is 2.05 bits per heavy atom. The Morgan fingerprint density at radius 1 is 1.05 bits per heavy atom. The molecule has 0 aliphatic heterocycles. The molecule has 0 aliphatic rings. The number of amides is 2. The molecule has 1 rings (SSSR count). The lowest BCUT2D eigenvalue weighted by molar-refractivity contribution is -0.134. The van der Waals surface area contributed by atoms with Gasteiger partial charge in [0.15, 0.2) is 0 Å². The van der Waals surface area contributed by atoms with Crippen molar-refractivity contribution in [3.8, 4) is 0 Å². The maximum Gasteiger partial charge on any atom is 0.352 e. The van der Waals surface area contributed by atoms with E-state index in [2.05, 4.69) is 10.6 Å². The number of aliphatic carboxylic acids is 1. The third-order valence-corrected chi connectivity index (χ3v) is 2.08. The van der Waals surface area contributed by atoms with Gasteiger partial charge in [-0.25, -0.2) is 4.79 Å². The summed E-state index contributed by atoms with van der Waals surface area (Å²) in [5, 5.41) is 13.7. The molecule has 0 fully saturated rings. The van der Waals surface area contributed by atoms with Crippen LogP contribution in [-0.4, -0.2) is 22.9 Å². The van der Waals surface area contributed by atoms with Crippen LogP contribution in [0.5, 0.6) is 0 Å². The predicted octanol–water partition coefficient (Wildman–Crippen LogP) is 1.21. The SMILES string of the molecule is CC(=O)N/C(=C/c1ccc(NC(C)=O)cc1)C(=O)O. The first-order chi connectivity index (χ1) is 8.88. The number of hydrogen-bond donors (Lipinski definition) is 3. The minimum Gasteiger partial charge on any atom is -0.477 e. The van der Waals surface area contributed by atoms with Crippen LogP contribution in [0.4, 0.5) is 5.69 Å². The highest BCUT2D eigenvalue weighted by Gasteiger charge is 2.08. The molecule has 0 unspecified atom stereocenters. The lowest BCUT2D eigenvalue weighted by atomic mass is 10.1. The zero-order valence-electron chi connectivity index (χ0n) is 10.6. The van der Waals surface area contributed by atoms with Gasteiger partial charge in [0.25, 0.3) is 0 Å². The Morgan fingerprint density at radius 2 is 1.63 bits per heavy atom. The molecule has 0 saturated carbocycles. The smallest absolute Gasteiger partial charge is 0.352 e. The van der Waals surface area contributed by atoms with Gasteiger partial charge in [-0.2, -0.15) is 0 Å². The van der Waals surface area contributed by atoms with Gasteiger partial charge >= 0.3 is 5.97 Å². The minimum atomic E-state index is -1.22. The van der Waals surface area contributed by atoms with Gasteiger partial charge in [-0.15, -0.1) is 0 Å². The zero-order chi connectivity index (χ0) is 14.4. The number of hydrogen-bond acceptors (Lipinski definition) is 3. The third kappa shape index (κ3) is 5.03. The molecule has 0 saturated heterocycles. The average molecular weight is 262 g/mol. The molecule has 0 atom stereocenters. The van der Waals surface area contributed by atoms with Gasteiger partial charge in [0.2, 0.25) is 11.8 Å². The van der Waals surface area contributed by atoms with Crippen LogP contribution in [0, 0.1) is 0 Å². The molecular weight excluding hydrogens is 248 g/mol. The van der Waals surface area contributed by atoms with Crippen molar-refractivity contribution in [3.05, 3.63) is 35.5 Å². The van der Waals surface area contributed by atoms with Gasteiger partial charge < -0.3 is 15.7 Å². The summed E-state index contributed by atoms with van der Waals surface area (Å²) in [7, 11) is 0. The fourth-order valence-corrected chi connectivity index (χ4v) is 1.37. The van der Waals surface area contributed by atoms with E-state index >= 15 is 0 Å². The second kappa shape index (κ2) is 6.34. The largest absolute Gasteiger partial charge is 0.477 e. The quantitative estimate of drug-likeness (QED) is 0.710. The zero-order valence-corrected chi connectivity index (χ0v) is 10.6. The van der Waals surface area contributed by atoms with E-state index in [-0.39, 0.29) is 11.6 Å². The molecule has 0 bridgehead atoms.